The van der Waals surface area contributed by atoms with Gasteiger partial charge in [0.05, 0.1) is 12.3 Å². The van der Waals surface area contributed by atoms with E-state index in [4.69, 9.17) is 25.6 Å². The van der Waals surface area contributed by atoms with Crippen LogP contribution < -0.4 is 40.0 Å². The monoisotopic (exact) mass is 561 g/mol. The standard InChI is InChI=1S/C18H15BrN5O6PS.Na/c19-17-21-11-14(24(17)16-12(25)13-10(29-16)7-28-31(27,32)30-13)22-18-20-9(6-23(18)15(11)26)8-4-2-1-3-5-8;/h1-6,10,12-13,16,25H,7H2,(H,20,22)(H,27,32);/q;+1/p-1. The third-order valence-electron chi connectivity index (χ3n) is 5.51. The minimum atomic E-state index is -3.69. The Hall–Kier alpha value is -0.960. The van der Waals surface area contributed by atoms with E-state index in [1.54, 1.807) is 6.20 Å². The van der Waals surface area contributed by atoms with E-state index in [-0.39, 0.29) is 57.6 Å². The van der Waals surface area contributed by atoms with Crippen molar-refractivity contribution in [2.45, 2.75) is 24.5 Å². The Kier molecular flexibility index (Phi) is 6.20. The Balaban J connectivity index is 0.00000228. The number of aromatic nitrogens is 5. The number of rotatable bonds is 2. The number of nitrogens with one attached hydrogen (secondary N) is 1. The molecule has 5 heterocycles. The number of aliphatic hydroxyl groups excluding tert-OH is 1. The van der Waals surface area contributed by atoms with Crippen LogP contribution in [0.5, 0.6) is 0 Å². The molecule has 6 rings (SSSR count). The van der Waals surface area contributed by atoms with Crippen LogP contribution in [0, 0.1) is 0 Å². The fraction of sp³-hybridized carbons (Fsp3) is 0.278. The first-order chi connectivity index (χ1) is 15.3. The summed E-state index contributed by atoms with van der Waals surface area (Å²) in [4.78, 5) is 37.2. The Bertz CT molecular complexity index is 1480. The van der Waals surface area contributed by atoms with Crippen LogP contribution in [0.2, 0.25) is 0 Å². The molecule has 4 aromatic rings. The van der Waals surface area contributed by atoms with Gasteiger partial charge in [0, 0.05) is 6.20 Å². The van der Waals surface area contributed by atoms with Gasteiger partial charge >= 0.3 is 29.6 Å². The minimum Gasteiger partial charge on any atom is -0.780 e. The molecule has 3 aromatic heterocycles. The average molecular weight is 562 g/mol. The molecule has 0 aliphatic carbocycles. The van der Waals surface area contributed by atoms with Crippen molar-refractivity contribution < 1.29 is 53.3 Å². The first-order valence-corrected chi connectivity index (χ1v) is 12.9. The van der Waals surface area contributed by atoms with Crippen LogP contribution in [0.15, 0.2) is 46.1 Å². The SMILES string of the molecule is O=c1c2nc(Br)n(C3OC4COP([O-])(=S)OC4C3O)c2nc2[nH]c(-c3ccccc3)cn12.[Na+]. The van der Waals surface area contributed by atoms with Gasteiger partial charge in [0.1, 0.15) is 25.0 Å². The molecule has 5 unspecified atom stereocenters. The Morgan fingerprint density at radius 3 is 2.82 bits per heavy atom. The molecule has 5 atom stereocenters. The summed E-state index contributed by atoms with van der Waals surface area (Å²) in [5.41, 5.74) is 1.51. The molecule has 0 amide bonds. The van der Waals surface area contributed by atoms with Crippen molar-refractivity contribution in [3.8, 4) is 11.3 Å². The third-order valence-corrected chi connectivity index (χ3v) is 7.61. The molecular weight excluding hydrogens is 548 g/mol. The van der Waals surface area contributed by atoms with Crippen LogP contribution in [0.1, 0.15) is 6.23 Å². The van der Waals surface area contributed by atoms with Gasteiger partial charge in [-0.1, -0.05) is 42.1 Å². The summed E-state index contributed by atoms with van der Waals surface area (Å²) < 4.78 is 19.3. The van der Waals surface area contributed by atoms with Crippen LogP contribution in [0.4, 0.5) is 0 Å². The first-order valence-electron chi connectivity index (χ1n) is 9.54. The largest absolute Gasteiger partial charge is 1.00 e. The van der Waals surface area contributed by atoms with Gasteiger partial charge in [0.15, 0.2) is 22.1 Å². The summed E-state index contributed by atoms with van der Waals surface area (Å²) >= 11 is 8.11. The zero-order valence-electron chi connectivity index (χ0n) is 17.0. The maximum absolute atomic E-state index is 13.1. The van der Waals surface area contributed by atoms with Crippen molar-refractivity contribution in [1.82, 2.24) is 23.9 Å². The molecule has 15 heteroatoms. The van der Waals surface area contributed by atoms with Crippen LogP contribution in [-0.2, 0) is 25.6 Å². The van der Waals surface area contributed by atoms with Gasteiger partial charge in [-0.25, -0.2) is 9.38 Å². The van der Waals surface area contributed by atoms with Crippen LogP contribution in [-0.4, -0.2) is 53.9 Å². The molecule has 0 saturated carbocycles. The molecule has 11 nitrogen and oxygen atoms in total. The number of aliphatic hydroxyl groups is 1. The minimum absolute atomic E-state index is 0. The molecule has 166 valence electrons. The van der Waals surface area contributed by atoms with Crippen molar-refractivity contribution in [2.75, 3.05) is 6.61 Å². The number of H-pyrrole nitrogens is 1. The molecule has 2 saturated heterocycles. The smallest absolute Gasteiger partial charge is 0.780 e. The van der Waals surface area contributed by atoms with E-state index in [0.29, 0.717) is 11.5 Å². The van der Waals surface area contributed by atoms with Crippen LogP contribution in [0.25, 0.3) is 28.2 Å². The van der Waals surface area contributed by atoms with Gasteiger partial charge in [0.2, 0.25) is 5.78 Å². The number of hydrogen-bond donors (Lipinski definition) is 2. The molecule has 0 spiro atoms. The van der Waals surface area contributed by atoms with Gasteiger partial charge in [-0.3, -0.25) is 9.36 Å². The van der Waals surface area contributed by atoms with Gasteiger partial charge in [-0.05, 0) is 21.5 Å². The van der Waals surface area contributed by atoms with E-state index in [1.165, 1.54) is 8.97 Å². The zero-order valence-corrected chi connectivity index (χ0v) is 22.3. The first kappa shape index (κ1) is 23.8. The predicted molar refractivity (Wildman–Crippen MR) is 117 cm³/mol. The van der Waals surface area contributed by atoms with Crippen molar-refractivity contribution in [1.29, 1.82) is 0 Å². The summed E-state index contributed by atoms with van der Waals surface area (Å²) in [6.45, 7) is -3.77. The number of nitrogens with zero attached hydrogens (tertiary/aromatic N) is 4. The summed E-state index contributed by atoms with van der Waals surface area (Å²) in [5.74, 6) is 0.301. The number of benzene rings is 1. The quantitative estimate of drug-likeness (QED) is 0.163. The normalized spacial score (nSPS) is 29.3. The maximum atomic E-state index is 13.1. The average Bonchev–Trinajstić information content (AvgIpc) is 3.43. The van der Waals surface area contributed by atoms with E-state index in [0.717, 1.165) is 5.56 Å². The van der Waals surface area contributed by atoms with E-state index in [9.17, 15) is 14.8 Å². The fourth-order valence-corrected chi connectivity index (χ4v) is 6.01. The fourth-order valence-electron chi connectivity index (χ4n) is 4.03. The van der Waals surface area contributed by atoms with Crippen molar-refractivity contribution >= 4 is 51.4 Å². The van der Waals surface area contributed by atoms with Gasteiger partial charge in [-0.2, -0.15) is 4.98 Å². The molecule has 0 radical (unpaired) electrons. The van der Waals surface area contributed by atoms with Crippen LogP contribution >= 0.6 is 22.6 Å². The van der Waals surface area contributed by atoms with Gasteiger partial charge < -0.3 is 28.8 Å². The predicted octanol–water partition coefficient (Wildman–Crippen LogP) is -1.94. The summed E-state index contributed by atoms with van der Waals surface area (Å²) in [7, 11) is 0. The van der Waals surface area contributed by atoms with Crippen LogP contribution in [0.3, 0.4) is 0 Å². The summed E-state index contributed by atoms with van der Waals surface area (Å²) in [5, 5.41) is 10.8. The number of hydrogen-bond acceptors (Lipinski definition) is 9. The molecule has 33 heavy (non-hydrogen) atoms. The van der Waals surface area contributed by atoms with E-state index in [2.05, 4.69) is 30.9 Å². The number of fused-ring (bicyclic) bond motifs is 3. The van der Waals surface area contributed by atoms with Gasteiger partial charge in [-0.15, -0.1) is 0 Å². The maximum Gasteiger partial charge on any atom is 1.00 e. The number of aromatic amines is 1. The van der Waals surface area contributed by atoms with E-state index < -0.39 is 31.3 Å². The molecule has 2 N–H and O–H groups in total. The second-order valence-corrected chi connectivity index (χ2v) is 10.9. The molecule has 2 aliphatic heterocycles. The third kappa shape index (κ3) is 3.89. The topological polar surface area (TPSA) is 139 Å². The molecule has 2 fully saturated rings. The Labute approximate surface area is 221 Å². The Morgan fingerprint density at radius 2 is 2.06 bits per heavy atom. The van der Waals surface area contributed by atoms with Crippen molar-refractivity contribution in [2.24, 2.45) is 0 Å². The van der Waals surface area contributed by atoms with E-state index >= 15 is 0 Å². The van der Waals surface area contributed by atoms with E-state index in [1.807, 2.05) is 30.3 Å². The zero-order chi connectivity index (χ0) is 22.2. The Morgan fingerprint density at radius 1 is 1.30 bits per heavy atom. The second-order valence-electron chi connectivity index (χ2n) is 7.44. The number of halogens is 1. The molecule has 0 bridgehead atoms. The number of imidazole rings is 2. The van der Waals surface area contributed by atoms with Gasteiger partial charge in [0.25, 0.3) is 5.56 Å². The summed E-state index contributed by atoms with van der Waals surface area (Å²) in [6.07, 6.45) is -2.23. The molecule has 2 aliphatic rings. The van der Waals surface area contributed by atoms with Crippen molar-refractivity contribution in [3.63, 3.8) is 0 Å². The molecular formula is C18H14BrN5NaO6PS. The summed E-state index contributed by atoms with van der Waals surface area (Å²) in [6, 6.07) is 9.51. The van der Waals surface area contributed by atoms with Crippen molar-refractivity contribution in [3.05, 3.63) is 51.6 Å². The second kappa shape index (κ2) is 8.61. The number of ether oxygens (including phenoxy) is 1. The molecule has 1 aromatic carbocycles.